The van der Waals surface area contributed by atoms with Crippen molar-refractivity contribution in [2.45, 2.75) is 126 Å². The summed E-state index contributed by atoms with van der Waals surface area (Å²) in [5.41, 5.74) is 11.1. The van der Waals surface area contributed by atoms with Crippen molar-refractivity contribution >= 4 is 113 Å². The number of guanidine groups is 2. The van der Waals surface area contributed by atoms with Crippen LogP contribution < -0.4 is 85.9 Å². The van der Waals surface area contributed by atoms with Gasteiger partial charge in [0.05, 0.1) is 58.3 Å². The van der Waals surface area contributed by atoms with E-state index in [1.54, 1.807) is 60.7 Å². The summed E-state index contributed by atoms with van der Waals surface area (Å²) in [5.74, 6) is -19.0. The van der Waals surface area contributed by atoms with E-state index in [9.17, 15) is 107 Å². The second kappa shape index (κ2) is 48.8. The number of hydrogen-bond donors (Lipinski definition) is 23. The fourth-order valence-corrected chi connectivity index (χ4v) is 11.3. The molecular formula is C68H99N21O22. The van der Waals surface area contributed by atoms with Crippen molar-refractivity contribution in [1.29, 1.82) is 10.8 Å². The third kappa shape index (κ3) is 37.8. The number of benzene rings is 2. The van der Waals surface area contributed by atoms with Gasteiger partial charge in [-0.1, -0.05) is 60.7 Å². The first-order valence-electron chi connectivity index (χ1n) is 35.5. The molecule has 2 fully saturated rings. The number of hydrogen-bond acceptors (Lipinski definition) is 22. The number of nitrogens with two attached hydrogens (primary N) is 2. The highest BCUT2D eigenvalue weighted by Gasteiger charge is 2.36. The number of carbonyl (C=O) groups excluding carboxylic acids is 12. The standard InChI is InChI=1S/C68H99N21O22/c69-67(70)75-23-11-19-42-59(104)77-33-50(90)79-48(31-54(94)95)65(110)85-46(29-40-13-3-1-4-14-40)63(108)83-44(61(106)81-42)17-7-9-21-73-52(92)35-88(38-57(100)101)27-25-87(37-56(98)99)26-28-89(39-58(102)103)36-53(93)74-22-10-8-18-45-62(107)82-43(20-12-24-76-68(71)72)60(105)78-34-51(91)80-49(32-55(96)97)66(111)86-47(64(109)84-45)30-41-15-5-2-6-16-41/h1-6,13-16,31,42-47,49H,7-12,17-30,32-39H2,(H,73,92)(H,74,93)(H,77,104)(H,78,105)(H,79,90)(H,80,91)(H,81,106)(H,82,107)(H,83,108)(H,84,109)(H,85,110)(H,86,111)(H,94,95)(H,96,97)(H,98,99)(H,100,101)(H,102,103)(H4,69,70,75)(H4,71,72,76)/t42-,43-,44-,45-,46+,47+,49-/m0/s1. The molecular weight excluding hydrogens is 1460 g/mol. The summed E-state index contributed by atoms with van der Waals surface area (Å²) >= 11 is 0. The largest absolute Gasteiger partial charge is 0.481 e. The molecule has 4 rings (SSSR count). The molecule has 0 unspecified atom stereocenters. The van der Waals surface area contributed by atoms with Crippen molar-refractivity contribution in [2.75, 3.05) is 98.2 Å². The van der Waals surface area contributed by atoms with Gasteiger partial charge in [-0.15, -0.1) is 0 Å². The van der Waals surface area contributed by atoms with Crippen molar-refractivity contribution in [3.63, 3.8) is 0 Å². The highest BCUT2D eigenvalue weighted by Crippen LogP contribution is 2.13. The quantitative estimate of drug-likeness (QED) is 0.0127. The average Bonchev–Trinajstić information content (AvgIpc) is 1.67. The average molecular weight is 1560 g/mol. The molecule has 43 heteroatoms. The summed E-state index contributed by atoms with van der Waals surface area (Å²) in [6.45, 7) is -5.57. The van der Waals surface area contributed by atoms with Crippen molar-refractivity contribution in [2.24, 2.45) is 11.5 Å². The lowest BCUT2D eigenvalue weighted by atomic mass is 10.0. The van der Waals surface area contributed by atoms with E-state index < -0.39 is 201 Å². The van der Waals surface area contributed by atoms with Crippen LogP contribution in [0.3, 0.4) is 0 Å². The van der Waals surface area contributed by atoms with Crippen LogP contribution >= 0.6 is 0 Å². The number of aliphatic carboxylic acids is 5. The Balaban J connectivity index is 1.42. The Labute approximate surface area is 636 Å². The molecule has 2 aromatic rings. The molecule has 12 amide bonds. The zero-order valence-corrected chi connectivity index (χ0v) is 60.9. The minimum absolute atomic E-state index is 0.0759. The van der Waals surface area contributed by atoms with E-state index in [-0.39, 0.29) is 141 Å². The van der Waals surface area contributed by atoms with E-state index in [1.165, 1.54) is 14.7 Å². The van der Waals surface area contributed by atoms with Gasteiger partial charge in [-0.2, -0.15) is 0 Å². The maximum Gasteiger partial charge on any atom is 0.330 e. The second-order valence-corrected chi connectivity index (χ2v) is 25.8. The third-order valence-electron chi connectivity index (χ3n) is 16.7. The molecule has 25 N–H and O–H groups in total. The van der Waals surface area contributed by atoms with Gasteiger partial charge < -0.3 is 111 Å². The Morgan fingerprint density at radius 1 is 0.405 bits per heavy atom. The van der Waals surface area contributed by atoms with Gasteiger partial charge in [0.15, 0.2) is 11.9 Å². The molecule has 0 spiro atoms. The van der Waals surface area contributed by atoms with E-state index in [0.717, 1.165) is 0 Å². The van der Waals surface area contributed by atoms with Crippen molar-refractivity contribution < 1.29 is 107 Å². The zero-order valence-electron chi connectivity index (χ0n) is 60.9. The van der Waals surface area contributed by atoms with Crippen molar-refractivity contribution in [3.8, 4) is 0 Å². The molecule has 2 heterocycles. The summed E-state index contributed by atoms with van der Waals surface area (Å²) in [5, 5.41) is 98.4. The lowest BCUT2D eigenvalue weighted by Gasteiger charge is -2.28. The van der Waals surface area contributed by atoms with Gasteiger partial charge in [-0.05, 0) is 75.3 Å². The van der Waals surface area contributed by atoms with E-state index in [1.807, 2.05) is 0 Å². The third-order valence-corrected chi connectivity index (χ3v) is 16.7. The number of rotatable bonds is 41. The fourth-order valence-electron chi connectivity index (χ4n) is 11.3. The molecule has 0 radical (unpaired) electrons. The van der Waals surface area contributed by atoms with Gasteiger partial charge in [-0.25, -0.2) is 4.79 Å². The predicted octanol–water partition coefficient (Wildman–Crippen LogP) is -8.06. The Kier molecular flexibility index (Phi) is 40.0. The normalized spacial score (nSPS) is 19.5. The minimum Gasteiger partial charge on any atom is -0.481 e. The Morgan fingerprint density at radius 3 is 1.16 bits per heavy atom. The zero-order chi connectivity index (χ0) is 82.0. The van der Waals surface area contributed by atoms with Crippen LogP contribution in [0.5, 0.6) is 0 Å². The SMILES string of the molecule is N=C(N)NCCC[C@@H]1NC(=O)[C@H](CCCCNC(=O)CN(CCN(CCN(CC(=O)O)CC(=O)NCCCC[C@@H]2NC(=O)[C@@H](Cc3ccccc3)NC(=O)[C@H](CC(=O)O)NC(=O)CNC(=O)[C@H](CCCNC(=N)N)NC2=O)CC(=O)O)CC(=O)O)NC(=O)[C@@H](Cc2ccccc2)NC(=O)C(=CC(=O)O)NC(=O)CNC1=O. The summed E-state index contributed by atoms with van der Waals surface area (Å²) in [7, 11) is 0. The van der Waals surface area contributed by atoms with Gasteiger partial charge in [0.2, 0.25) is 65.0 Å². The van der Waals surface area contributed by atoms with Crippen LogP contribution in [0.1, 0.15) is 81.8 Å². The molecule has 2 aromatic carbocycles. The number of nitrogens with zero attached hydrogens (tertiary/aromatic N) is 3. The number of carbonyl (C=O) groups is 17. The molecule has 608 valence electrons. The van der Waals surface area contributed by atoms with Gasteiger partial charge >= 0.3 is 29.8 Å². The molecule has 0 saturated carbocycles. The Morgan fingerprint density at radius 2 is 0.757 bits per heavy atom. The smallest absolute Gasteiger partial charge is 0.330 e. The van der Waals surface area contributed by atoms with E-state index in [0.29, 0.717) is 17.2 Å². The summed E-state index contributed by atoms with van der Waals surface area (Å²) in [4.78, 5) is 228. The van der Waals surface area contributed by atoms with Crippen molar-refractivity contribution in [1.82, 2.24) is 89.1 Å². The highest BCUT2D eigenvalue weighted by atomic mass is 16.4. The van der Waals surface area contributed by atoms with Gasteiger partial charge in [0.1, 0.15) is 48.0 Å². The minimum atomic E-state index is -1.72. The summed E-state index contributed by atoms with van der Waals surface area (Å²) in [6, 6.07) is 6.26. The highest BCUT2D eigenvalue weighted by molar-refractivity contribution is 6.05. The van der Waals surface area contributed by atoms with Crippen LogP contribution in [0.2, 0.25) is 0 Å². The van der Waals surface area contributed by atoms with E-state index in [4.69, 9.17) is 22.3 Å². The van der Waals surface area contributed by atoms with Crippen LogP contribution in [0.15, 0.2) is 72.4 Å². The van der Waals surface area contributed by atoms with Gasteiger partial charge in [-0.3, -0.25) is 102 Å². The molecule has 2 saturated heterocycles. The Bertz CT molecular complexity index is 3650. The topological polar surface area (TPSA) is 669 Å². The second-order valence-electron chi connectivity index (χ2n) is 25.8. The maximum absolute atomic E-state index is 14.2. The number of carboxylic acid groups (broad SMARTS) is 5. The monoisotopic (exact) mass is 1560 g/mol. The van der Waals surface area contributed by atoms with Crippen molar-refractivity contribution in [3.05, 3.63) is 83.6 Å². The van der Waals surface area contributed by atoms with Crippen LogP contribution in [-0.4, -0.2) is 293 Å². The summed E-state index contributed by atoms with van der Waals surface area (Å²) < 4.78 is 0. The molecule has 7 atom stereocenters. The number of amides is 12. The van der Waals surface area contributed by atoms with Crippen LogP contribution in [-0.2, 0) is 94.3 Å². The predicted molar refractivity (Wildman–Crippen MR) is 390 cm³/mol. The molecule has 0 aromatic heterocycles. The van der Waals surface area contributed by atoms with E-state index in [2.05, 4.69) is 74.4 Å². The molecule has 0 bridgehead atoms. The summed E-state index contributed by atoms with van der Waals surface area (Å²) in [6.07, 6.45) is -0.710. The lowest BCUT2D eigenvalue weighted by Crippen LogP contribution is -2.58. The molecule has 2 aliphatic rings. The molecule has 111 heavy (non-hydrogen) atoms. The molecule has 2 aliphatic heterocycles. The van der Waals surface area contributed by atoms with Gasteiger partial charge in [0.25, 0.3) is 5.91 Å². The Hall–Kier alpha value is -12.4. The molecule has 43 nitrogen and oxygen atoms in total. The fraction of sp³-hybridized carbons (Fsp3) is 0.515. The first kappa shape index (κ1) is 91.0. The maximum atomic E-state index is 14.2. The number of nitrogens with one attached hydrogen (secondary N) is 16. The van der Waals surface area contributed by atoms with Crippen LogP contribution in [0.4, 0.5) is 0 Å². The lowest BCUT2D eigenvalue weighted by molar-refractivity contribution is -0.141. The van der Waals surface area contributed by atoms with Crippen LogP contribution in [0.25, 0.3) is 0 Å². The molecule has 0 aliphatic carbocycles. The first-order valence-corrected chi connectivity index (χ1v) is 35.5. The first-order chi connectivity index (χ1) is 52.7. The number of unbranched alkanes of at least 4 members (excludes halogenated alkanes) is 2. The van der Waals surface area contributed by atoms with Crippen LogP contribution in [0, 0.1) is 10.8 Å². The van der Waals surface area contributed by atoms with E-state index >= 15 is 0 Å². The van der Waals surface area contributed by atoms with Gasteiger partial charge in [0, 0.05) is 65.2 Å². The number of carboxylic acids is 5.